The maximum atomic E-state index is 12.3. The molecule has 0 aliphatic heterocycles. The van der Waals surface area contributed by atoms with Gasteiger partial charge < -0.3 is 9.51 Å². The molecule has 2 aromatic rings. The number of hydrogen-bond donors (Lipinski definition) is 2. The Kier molecular flexibility index (Phi) is 3.48. The number of fused-ring (bicyclic) bond motifs is 1. The average molecular weight is 289 g/mol. The molecule has 1 amide bonds. The van der Waals surface area contributed by atoms with Crippen molar-refractivity contribution in [3.8, 4) is 0 Å². The third-order valence-electron chi connectivity index (χ3n) is 3.74. The molecule has 7 heteroatoms. The van der Waals surface area contributed by atoms with Gasteiger partial charge in [-0.25, -0.2) is 4.98 Å². The summed E-state index contributed by atoms with van der Waals surface area (Å²) in [7, 11) is 0. The minimum absolute atomic E-state index is 0.0787. The molecule has 3 rings (SSSR count). The molecule has 0 saturated carbocycles. The minimum Gasteiger partial charge on any atom is -0.345 e. The van der Waals surface area contributed by atoms with Crippen LogP contribution in [-0.4, -0.2) is 26.0 Å². The molecular weight excluding hydrogens is 270 g/mol. The maximum Gasteiger partial charge on any atom is 0.328 e. The Hall–Kier alpha value is -2.18. The van der Waals surface area contributed by atoms with Crippen LogP contribution in [0, 0.1) is 12.8 Å². The highest BCUT2D eigenvalue weighted by molar-refractivity contribution is 5.90. The lowest BCUT2D eigenvalue weighted by atomic mass is 9.89. The summed E-state index contributed by atoms with van der Waals surface area (Å²) in [6, 6.07) is 0.163. The number of carbonyl (C=O) groups is 1. The van der Waals surface area contributed by atoms with Crippen LogP contribution in [0.15, 0.2) is 4.52 Å². The zero-order valence-electron chi connectivity index (χ0n) is 12.4. The molecule has 1 aliphatic carbocycles. The van der Waals surface area contributed by atoms with Crippen molar-refractivity contribution in [3.63, 3.8) is 0 Å². The number of rotatable bonds is 3. The maximum absolute atomic E-state index is 12.3. The Labute approximate surface area is 122 Å². The number of aryl methyl sites for hydroxylation is 2. The van der Waals surface area contributed by atoms with Crippen molar-refractivity contribution in [3.05, 3.63) is 23.0 Å². The highest BCUT2D eigenvalue weighted by atomic mass is 16.5. The molecule has 1 atom stereocenters. The van der Waals surface area contributed by atoms with Crippen molar-refractivity contribution in [1.29, 1.82) is 0 Å². The molecule has 1 unspecified atom stereocenters. The second kappa shape index (κ2) is 5.31. The first-order valence-electron chi connectivity index (χ1n) is 7.21. The molecule has 2 aromatic heterocycles. The van der Waals surface area contributed by atoms with Crippen LogP contribution < -0.4 is 5.32 Å². The van der Waals surface area contributed by atoms with Crippen LogP contribution in [0.1, 0.15) is 49.2 Å². The van der Waals surface area contributed by atoms with Crippen LogP contribution >= 0.6 is 0 Å². The topological polar surface area (TPSA) is 96.7 Å². The van der Waals surface area contributed by atoms with Gasteiger partial charge in [0.25, 0.3) is 0 Å². The van der Waals surface area contributed by atoms with Gasteiger partial charge in [0, 0.05) is 24.0 Å². The molecule has 2 heterocycles. The van der Waals surface area contributed by atoms with Crippen LogP contribution in [0.5, 0.6) is 0 Å². The van der Waals surface area contributed by atoms with E-state index in [4.69, 9.17) is 4.52 Å². The summed E-state index contributed by atoms with van der Waals surface area (Å²) >= 11 is 0. The van der Waals surface area contributed by atoms with E-state index in [2.05, 4.69) is 39.3 Å². The number of nitrogens with one attached hydrogen (secondary N) is 2. The Morgan fingerprint density at radius 3 is 2.90 bits per heavy atom. The van der Waals surface area contributed by atoms with Crippen LogP contribution in [0.2, 0.25) is 0 Å². The van der Waals surface area contributed by atoms with E-state index in [1.807, 2.05) is 0 Å². The fourth-order valence-corrected chi connectivity index (χ4v) is 2.56. The third kappa shape index (κ3) is 2.81. The number of H-pyrrole nitrogens is 1. The number of nitrogens with zero attached hydrogens (tertiary/aromatic N) is 3. The summed E-state index contributed by atoms with van der Waals surface area (Å²) in [6.45, 7) is 5.92. The Morgan fingerprint density at radius 1 is 1.43 bits per heavy atom. The van der Waals surface area contributed by atoms with Gasteiger partial charge >= 0.3 is 6.01 Å². The predicted molar refractivity (Wildman–Crippen MR) is 75.9 cm³/mol. The zero-order chi connectivity index (χ0) is 15.0. The first-order valence-corrected chi connectivity index (χ1v) is 7.21. The molecule has 112 valence electrons. The number of aromatic nitrogens is 4. The van der Waals surface area contributed by atoms with Crippen LogP contribution in [0.3, 0.4) is 0 Å². The molecule has 0 fully saturated rings. The second-order valence-corrected chi connectivity index (χ2v) is 5.78. The number of carbonyl (C=O) groups excluding carboxylic acids is 1. The number of imidazole rings is 1. The number of hydrogen-bond acceptors (Lipinski definition) is 5. The highest BCUT2D eigenvalue weighted by Crippen LogP contribution is 2.26. The fourth-order valence-electron chi connectivity index (χ4n) is 2.56. The molecule has 0 bridgehead atoms. The Bertz CT molecular complexity index is 658. The molecule has 2 N–H and O–H groups in total. The first kappa shape index (κ1) is 13.8. The molecule has 0 spiro atoms. The van der Waals surface area contributed by atoms with E-state index in [0.29, 0.717) is 18.2 Å². The van der Waals surface area contributed by atoms with Crippen molar-refractivity contribution in [2.45, 2.75) is 46.0 Å². The van der Waals surface area contributed by atoms with Gasteiger partial charge in [-0.05, 0) is 19.8 Å². The van der Waals surface area contributed by atoms with Crippen molar-refractivity contribution >= 4 is 11.9 Å². The largest absolute Gasteiger partial charge is 0.345 e. The van der Waals surface area contributed by atoms with Gasteiger partial charge in [-0.15, -0.1) is 0 Å². The fraction of sp³-hybridized carbons (Fsp3) is 0.571. The lowest BCUT2D eigenvalue weighted by molar-refractivity contribution is -0.120. The third-order valence-corrected chi connectivity index (χ3v) is 3.74. The van der Waals surface area contributed by atoms with Crippen molar-refractivity contribution < 1.29 is 9.32 Å². The van der Waals surface area contributed by atoms with Gasteiger partial charge in [-0.2, -0.15) is 4.98 Å². The summed E-state index contributed by atoms with van der Waals surface area (Å²) in [6.07, 6.45) is 2.28. The van der Waals surface area contributed by atoms with Crippen LogP contribution in [-0.2, 0) is 17.6 Å². The van der Waals surface area contributed by atoms with Crippen molar-refractivity contribution in [2.24, 2.45) is 5.92 Å². The van der Waals surface area contributed by atoms with E-state index >= 15 is 0 Å². The molecule has 7 nitrogen and oxygen atoms in total. The van der Waals surface area contributed by atoms with Gasteiger partial charge in [-0.3, -0.25) is 10.1 Å². The number of anilines is 1. The van der Waals surface area contributed by atoms with Gasteiger partial charge in [0.15, 0.2) is 5.82 Å². The first-order chi connectivity index (χ1) is 10.0. The van der Waals surface area contributed by atoms with Crippen molar-refractivity contribution in [1.82, 2.24) is 20.1 Å². The monoisotopic (exact) mass is 289 g/mol. The molecule has 0 aromatic carbocycles. The lowest BCUT2D eigenvalue weighted by Crippen LogP contribution is -2.28. The average Bonchev–Trinajstić information content (AvgIpc) is 3.03. The van der Waals surface area contributed by atoms with Gasteiger partial charge in [0.2, 0.25) is 5.91 Å². The van der Waals surface area contributed by atoms with E-state index in [0.717, 1.165) is 30.1 Å². The highest BCUT2D eigenvalue weighted by Gasteiger charge is 2.28. The molecule has 21 heavy (non-hydrogen) atoms. The van der Waals surface area contributed by atoms with E-state index < -0.39 is 0 Å². The van der Waals surface area contributed by atoms with E-state index in [1.54, 1.807) is 6.92 Å². The van der Waals surface area contributed by atoms with Gasteiger partial charge in [0.05, 0.1) is 5.69 Å². The summed E-state index contributed by atoms with van der Waals surface area (Å²) in [4.78, 5) is 24.2. The lowest BCUT2D eigenvalue weighted by Gasteiger charge is -2.19. The quantitative estimate of drug-likeness (QED) is 0.900. The predicted octanol–water partition coefficient (Wildman–Crippen LogP) is 1.97. The number of aromatic amines is 1. The summed E-state index contributed by atoms with van der Waals surface area (Å²) in [5.74, 6) is 1.69. The van der Waals surface area contributed by atoms with E-state index in [1.165, 1.54) is 0 Å². The Morgan fingerprint density at radius 2 is 2.24 bits per heavy atom. The molecular formula is C14H19N5O2. The summed E-state index contributed by atoms with van der Waals surface area (Å²) in [5, 5.41) is 6.34. The normalized spacial score (nSPS) is 17.8. The molecule has 0 saturated heterocycles. The zero-order valence-corrected chi connectivity index (χ0v) is 12.4. The van der Waals surface area contributed by atoms with E-state index in [-0.39, 0.29) is 17.8 Å². The van der Waals surface area contributed by atoms with Gasteiger partial charge in [0.1, 0.15) is 5.82 Å². The second-order valence-electron chi connectivity index (χ2n) is 5.78. The summed E-state index contributed by atoms with van der Waals surface area (Å²) < 4.78 is 4.92. The van der Waals surface area contributed by atoms with Crippen LogP contribution in [0.4, 0.5) is 6.01 Å². The Balaban J connectivity index is 1.69. The van der Waals surface area contributed by atoms with Crippen molar-refractivity contribution in [2.75, 3.05) is 5.32 Å². The molecule has 0 radical (unpaired) electrons. The SMILES string of the molecule is Cc1noc(NC(=O)C2CCc3nc(C(C)C)[nH]c3C2)n1. The van der Waals surface area contributed by atoms with Gasteiger partial charge in [-0.1, -0.05) is 19.0 Å². The smallest absolute Gasteiger partial charge is 0.328 e. The number of amides is 1. The minimum atomic E-state index is -0.0924. The summed E-state index contributed by atoms with van der Waals surface area (Å²) in [5.41, 5.74) is 2.17. The van der Waals surface area contributed by atoms with E-state index in [9.17, 15) is 4.79 Å². The molecule has 1 aliphatic rings. The standard InChI is InChI=1S/C14H19N5O2/c1-7(2)12-16-10-5-4-9(6-11(10)17-12)13(20)18-14-15-8(3)19-21-14/h7,9H,4-6H2,1-3H3,(H,16,17)(H,15,18,19,20). The van der Waals surface area contributed by atoms with Crippen LogP contribution in [0.25, 0.3) is 0 Å².